The standard InChI is InChI=1S/C11H19NO2/c1-4-6-9(3)8-14-11(13)10(12)7-5-2/h2,9-10H,4,6-8,12H2,1,3H3. The summed E-state index contributed by atoms with van der Waals surface area (Å²) in [6.07, 6.45) is 7.42. The molecule has 0 fully saturated rings. The van der Waals surface area contributed by atoms with E-state index in [-0.39, 0.29) is 6.42 Å². The normalized spacial score (nSPS) is 14.1. The van der Waals surface area contributed by atoms with Crippen LogP contribution in [0.5, 0.6) is 0 Å². The first-order valence-corrected chi connectivity index (χ1v) is 4.97. The topological polar surface area (TPSA) is 52.3 Å². The highest BCUT2D eigenvalue weighted by Gasteiger charge is 2.14. The van der Waals surface area contributed by atoms with E-state index in [4.69, 9.17) is 16.9 Å². The molecule has 0 rings (SSSR count). The van der Waals surface area contributed by atoms with E-state index < -0.39 is 12.0 Å². The number of hydrogen-bond donors (Lipinski definition) is 1. The van der Waals surface area contributed by atoms with Crippen LogP contribution in [0.3, 0.4) is 0 Å². The van der Waals surface area contributed by atoms with Crippen molar-refractivity contribution >= 4 is 5.97 Å². The number of nitrogens with two attached hydrogens (primary N) is 1. The van der Waals surface area contributed by atoms with Crippen LogP contribution in [0, 0.1) is 18.3 Å². The Hall–Kier alpha value is -1.01. The highest BCUT2D eigenvalue weighted by Crippen LogP contribution is 2.05. The fourth-order valence-electron chi connectivity index (χ4n) is 1.12. The summed E-state index contributed by atoms with van der Waals surface area (Å²) in [6.45, 7) is 4.58. The molecule has 2 atom stereocenters. The zero-order valence-electron chi connectivity index (χ0n) is 8.95. The van der Waals surface area contributed by atoms with Crippen molar-refractivity contribution in [2.24, 2.45) is 11.7 Å². The highest BCUT2D eigenvalue weighted by atomic mass is 16.5. The monoisotopic (exact) mass is 197 g/mol. The van der Waals surface area contributed by atoms with Gasteiger partial charge in [-0.3, -0.25) is 4.79 Å². The molecule has 0 saturated heterocycles. The van der Waals surface area contributed by atoms with Gasteiger partial charge in [0.15, 0.2) is 0 Å². The van der Waals surface area contributed by atoms with Gasteiger partial charge in [-0.25, -0.2) is 0 Å². The van der Waals surface area contributed by atoms with Crippen molar-refractivity contribution in [3.05, 3.63) is 0 Å². The van der Waals surface area contributed by atoms with Gasteiger partial charge in [-0.15, -0.1) is 12.3 Å². The average molecular weight is 197 g/mol. The molecule has 0 aliphatic rings. The number of ether oxygens (including phenoxy) is 1. The lowest BCUT2D eigenvalue weighted by atomic mass is 10.1. The van der Waals surface area contributed by atoms with Crippen LogP contribution >= 0.6 is 0 Å². The van der Waals surface area contributed by atoms with Gasteiger partial charge < -0.3 is 10.5 Å². The molecule has 0 spiro atoms. The Morgan fingerprint density at radius 2 is 2.29 bits per heavy atom. The Balaban J connectivity index is 3.68. The van der Waals surface area contributed by atoms with Crippen molar-refractivity contribution in [2.45, 2.75) is 39.2 Å². The molecule has 0 amide bonds. The summed E-state index contributed by atoms with van der Waals surface area (Å²) in [7, 11) is 0. The molecule has 0 aliphatic carbocycles. The molecule has 0 radical (unpaired) electrons. The van der Waals surface area contributed by atoms with Crippen molar-refractivity contribution in [2.75, 3.05) is 6.61 Å². The molecule has 0 heterocycles. The van der Waals surface area contributed by atoms with Crippen LogP contribution < -0.4 is 5.73 Å². The van der Waals surface area contributed by atoms with Crippen LogP contribution in [-0.2, 0) is 9.53 Å². The van der Waals surface area contributed by atoms with Crippen LogP contribution in [0.2, 0.25) is 0 Å². The molecule has 2 unspecified atom stereocenters. The minimum Gasteiger partial charge on any atom is -0.464 e. The first-order chi connectivity index (χ1) is 6.61. The lowest BCUT2D eigenvalue weighted by molar-refractivity contribution is -0.146. The number of hydrogen-bond acceptors (Lipinski definition) is 3. The molecular weight excluding hydrogens is 178 g/mol. The van der Waals surface area contributed by atoms with E-state index in [1.807, 2.05) is 6.92 Å². The molecule has 2 N–H and O–H groups in total. The van der Waals surface area contributed by atoms with E-state index in [2.05, 4.69) is 12.8 Å². The van der Waals surface area contributed by atoms with E-state index in [0.717, 1.165) is 12.8 Å². The number of esters is 1. The van der Waals surface area contributed by atoms with E-state index in [9.17, 15) is 4.79 Å². The molecule has 80 valence electrons. The van der Waals surface area contributed by atoms with Crippen molar-refractivity contribution in [3.8, 4) is 12.3 Å². The Kier molecular flexibility index (Phi) is 6.87. The quantitative estimate of drug-likeness (QED) is 0.516. The van der Waals surface area contributed by atoms with Gasteiger partial charge >= 0.3 is 5.97 Å². The fraction of sp³-hybridized carbons (Fsp3) is 0.727. The van der Waals surface area contributed by atoms with E-state index in [1.165, 1.54) is 0 Å². The minimum absolute atomic E-state index is 0.237. The largest absolute Gasteiger partial charge is 0.464 e. The van der Waals surface area contributed by atoms with Gasteiger partial charge in [0.2, 0.25) is 0 Å². The molecule has 0 aromatic rings. The molecular formula is C11H19NO2. The lowest BCUT2D eigenvalue weighted by Crippen LogP contribution is -2.32. The predicted molar refractivity (Wildman–Crippen MR) is 56.5 cm³/mol. The second-order valence-corrected chi connectivity index (χ2v) is 3.54. The SMILES string of the molecule is C#CCC(N)C(=O)OCC(C)CCC. The number of rotatable bonds is 6. The molecule has 3 nitrogen and oxygen atoms in total. The summed E-state index contributed by atoms with van der Waals surface area (Å²) in [6, 6.07) is -0.672. The Morgan fingerprint density at radius 1 is 1.64 bits per heavy atom. The summed E-state index contributed by atoms with van der Waals surface area (Å²) in [5.74, 6) is 2.33. The summed E-state index contributed by atoms with van der Waals surface area (Å²) in [5, 5.41) is 0. The predicted octanol–water partition coefficient (Wildman–Crippen LogP) is 1.32. The van der Waals surface area contributed by atoms with Gasteiger partial charge in [0.1, 0.15) is 6.04 Å². The molecule has 0 aliphatic heterocycles. The number of carbonyl (C=O) groups excluding carboxylic acids is 1. The zero-order valence-corrected chi connectivity index (χ0v) is 8.95. The van der Waals surface area contributed by atoms with E-state index in [0.29, 0.717) is 12.5 Å². The summed E-state index contributed by atoms with van der Waals surface area (Å²) >= 11 is 0. The van der Waals surface area contributed by atoms with Crippen LogP contribution in [-0.4, -0.2) is 18.6 Å². The molecule has 14 heavy (non-hydrogen) atoms. The maximum atomic E-state index is 11.2. The maximum absolute atomic E-state index is 11.2. The van der Waals surface area contributed by atoms with E-state index >= 15 is 0 Å². The smallest absolute Gasteiger partial charge is 0.323 e. The Bertz CT molecular complexity index is 208. The van der Waals surface area contributed by atoms with Crippen LogP contribution in [0.25, 0.3) is 0 Å². The minimum atomic E-state index is -0.672. The number of carbonyl (C=O) groups is 1. The third kappa shape index (κ3) is 5.60. The number of terminal acetylenes is 1. The zero-order chi connectivity index (χ0) is 11.0. The van der Waals surface area contributed by atoms with Gasteiger partial charge in [-0.1, -0.05) is 20.3 Å². The molecule has 3 heteroatoms. The Labute approximate surface area is 86.0 Å². The average Bonchev–Trinajstić information content (AvgIpc) is 2.15. The van der Waals surface area contributed by atoms with E-state index in [1.54, 1.807) is 0 Å². The first-order valence-electron chi connectivity index (χ1n) is 4.97. The lowest BCUT2D eigenvalue weighted by Gasteiger charge is -2.13. The second-order valence-electron chi connectivity index (χ2n) is 3.54. The highest BCUT2D eigenvalue weighted by molar-refractivity contribution is 5.75. The van der Waals surface area contributed by atoms with Crippen LogP contribution in [0.4, 0.5) is 0 Å². The summed E-state index contributed by atoms with van der Waals surface area (Å²) in [5.41, 5.74) is 5.47. The van der Waals surface area contributed by atoms with Gasteiger partial charge in [0.05, 0.1) is 6.61 Å². The molecule has 0 bridgehead atoms. The van der Waals surface area contributed by atoms with Crippen molar-refractivity contribution in [1.82, 2.24) is 0 Å². The van der Waals surface area contributed by atoms with Crippen molar-refractivity contribution < 1.29 is 9.53 Å². The first kappa shape index (κ1) is 13.0. The molecule has 0 aromatic carbocycles. The fourth-order valence-corrected chi connectivity index (χ4v) is 1.12. The third-order valence-electron chi connectivity index (χ3n) is 1.93. The second kappa shape index (κ2) is 7.40. The van der Waals surface area contributed by atoms with Crippen molar-refractivity contribution in [1.29, 1.82) is 0 Å². The maximum Gasteiger partial charge on any atom is 0.323 e. The van der Waals surface area contributed by atoms with Gasteiger partial charge in [-0.05, 0) is 12.3 Å². The Morgan fingerprint density at radius 3 is 2.79 bits per heavy atom. The third-order valence-corrected chi connectivity index (χ3v) is 1.93. The summed E-state index contributed by atoms with van der Waals surface area (Å²) < 4.78 is 5.01. The van der Waals surface area contributed by atoms with Crippen LogP contribution in [0.15, 0.2) is 0 Å². The van der Waals surface area contributed by atoms with Gasteiger partial charge in [-0.2, -0.15) is 0 Å². The molecule has 0 saturated carbocycles. The van der Waals surface area contributed by atoms with Crippen LogP contribution in [0.1, 0.15) is 33.1 Å². The molecule has 0 aromatic heterocycles. The van der Waals surface area contributed by atoms with Gasteiger partial charge in [0, 0.05) is 6.42 Å². The van der Waals surface area contributed by atoms with Gasteiger partial charge in [0.25, 0.3) is 0 Å². The van der Waals surface area contributed by atoms with Crippen molar-refractivity contribution in [3.63, 3.8) is 0 Å². The summed E-state index contributed by atoms with van der Waals surface area (Å²) in [4.78, 5) is 11.2.